The van der Waals surface area contributed by atoms with Gasteiger partial charge in [0.25, 0.3) is 11.8 Å². The molecule has 116 valence electrons. The maximum Gasteiger partial charge on any atom is 0.289 e. The average molecular weight is 320 g/mol. The number of aromatic nitrogens is 2. The summed E-state index contributed by atoms with van der Waals surface area (Å²) in [5.41, 5.74) is 0. The number of likely N-dealkylation sites (tertiary alicyclic amines) is 1. The molecule has 1 saturated heterocycles. The van der Waals surface area contributed by atoms with Crippen LogP contribution >= 0.6 is 11.3 Å². The Labute approximate surface area is 131 Å². The zero-order valence-electron chi connectivity index (χ0n) is 12.1. The Morgan fingerprint density at radius 1 is 1.36 bits per heavy atom. The first-order chi connectivity index (χ1) is 10.6. The third-order valence-electron chi connectivity index (χ3n) is 3.57. The van der Waals surface area contributed by atoms with Crippen molar-refractivity contribution in [2.24, 2.45) is 0 Å². The minimum absolute atomic E-state index is 0.0531. The number of hydrogen-bond acceptors (Lipinski definition) is 6. The van der Waals surface area contributed by atoms with Crippen LogP contribution < -0.4 is 5.32 Å². The van der Waals surface area contributed by atoms with E-state index < -0.39 is 0 Å². The minimum atomic E-state index is -0.193. The summed E-state index contributed by atoms with van der Waals surface area (Å²) in [6, 6.07) is 3.41. The van der Waals surface area contributed by atoms with Gasteiger partial charge in [-0.15, -0.1) is 10.2 Å². The molecule has 0 saturated carbocycles. The van der Waals surface area contributed by atoms with Crippen molar-refractivity contribution in [1.29, 1.82) is 0 Å². The van der Waals surface area contributed by atoms with Crippen LogP contribution in [0.15, 0.2) is 22.8 Å². The Bertz CT molecular complexity index is 659. The Morgan fingerprint density at radius 2 is 2.14 bits per heavy atom. The van der Waals surface area contributed by atoms with Crippen molar-refractivity contribution < 1.29 is 14.0 Å². The first kappa shape index (κ1) is 14.7. The summed E-state index contributed by atoms with van der Waals surface area (Å²) in [4.78, 5) is 25.9. The van der Waals surface area contributed by atoms with Gasteiger partial charge >= 0.3 is 0 Å². The molecule has 0 spiro atoms. The Hall–Kier alpha value is -2.22. The Balaban J connectivity index is 1.51. The van der Waals surface area contributed by atoms with Crippen LogP contribution in [0.1, 0.15) is 38.2 Å². The van der Waals surface area contributed by atoms with Gasteiger partial charge in [0, 0.05) is 19.1 Å². The molecule has 1 N–H and O–H groups in total. The normalized spacial score (nSPS) is 15.8. The summed E-state index contributed by atoms with van der Waals surface area (Å²) in [5.74, 6) is 0.0581. The van der Waals surface area contributed by atoms with Crippen molar-refractivity contribution in [2.45, 2.75) is 25.8 Å². The lowest BCUT2D eigenvalue weighted by molar-refractivity contribution is 0.0667. The number of furan rings is 1. The van der Waals surface area contributed by atoms with Gasteiger partial charge in [-0.2, -0.15) is 0 Å². The molecule has 0 aliphatic carbocycles. The van der Waals surface area contributed by atoms with Crippen LogP contribution in [0.2, 0.25) is 0 Å². The van der Waals surface area contributed by atoms with Gasteiger partial charge in [0.05, 0.1) is 6.26 Å². The largest absolute Gasteiger partial charge is 0.459 e. The molecular formula is C14H16N4O3S. The number of nitrogens with one attached hydrogen (secondary N) is 1. The summed E-state index contributed by atoms with van der Waals surface area (Å²) >= 11 is 1.28. The highest BCUT2D eigenvalue weighted by atomic mass is 32.1. The van der Waals surface area contributed by atoms with Gasteiger partial charge in [-0.05, 0) is 31.9 Å². The summed E-state index contributed by atoms with van der Waals surface area (Å²) in [7, 11) is 0. The number of carbonyl (C=O) groups is 2. The van der Waals surface area contributed by atoms with Crippen molar-refractivity contribution in [3.05, 3.63) is 34.2 Å². The van der Waals surface area contributed by atoms with E-state index in [0.717, 1.165) is 17.8 Å². The molecule has 8 heteroatoms. The number of amides is 2. The van der Waals surface area contributed by atoms with Gasteiger partial charge in [-0.25, -0.2) is 0 Å². The molecule has 3 heterocycles. The van der Waals surface area contributed by atoms with E-state index in [1.807, 2.05) is 6.92 Å². The number of carbonyl (C=O) groups excluding carboxylic acids is 2. The van der Waals surface area contributed by atoms with Crippen molar-refractivity contribution >= 4 is 23.2 Å². The summed E-state index contributed by atoms with van der Waals surface area (Å²) in [6.45, 7) is 3.01. The Kier molecular flexibility index (Phi) is 4.19. The van der Waals surface area contributed by atoms with E-state index in [4.69, 9.17) is 4.42 Å². The van der Waals surface area contributed by atoms with Crippen molar-refractivity contribution in [2.75, 3.05) is 13.1 Å². The molecule has 3 rings (SSSR count). The standard InChI is InChI=1S/C14H16N4O3S/c1-9-16-17-13(22-9)12(19)15-10-4-6-18(7-5-10)14(20)11-3-2-8-21-11/h2-3,8,10H,4-7H2,1H3,(H,15,19). The molecule has 0 atom stereocenters. The van der Waals surface area contributed by atoms with Crippen molar-refractivity contribution in [3.63, 3.8) is 0 Å². The molecule has 1 aliphatic heterocycles. The highest BCUT2D eigenvalue weighted by Crippen LogP contribution is 2.15. The highest BCUT2D eigenvalue weighted by Gasteiger charge is 2.26. The SMILES string of the molecule is Cc1nnc(C(=O)NC2CCN(C(=O)c3ccco3)CC2)s1. The fraction of sp³-hybridized carbons (Fsp3) is 0.429. The molecule has 1 fully saturated rings. The van der Waals surface area contributed by atoms with Gasteiger partial charge in [-0.3, -0.25) is 9.59 Å². The van der Waals surface area contributed by atoms with E-state index in [2.05, 4.69) is 15.5 Å². The summed E-state index contributed by atoms with van der Waals surface area (Å²) in [6.07, 6.45) is 2.93. The van der Waals surface area contributed by atoms with Crippen molar-refractivity contribution in [3.8, 4) is 0 Å². The molecule has 2 aromatic rings. The molecule has 0 unspecified atom stereocenters. The zero-order valence-corrected chi connectivity index (χ0v) is 12.9. The van der Waals surface area contributed by atoms with Gasteiger partial charge < -0.3 is 14.6 Å². The van der Waals surface area contributed by atoms with E-state index in [0.29, 0.717) is 23.9 Å². The first-order valence-electron chi connectivity index (χ1n) is 7.07. The van der Waals surface area contributed by atoms with Gasteiger partial charge in [0.15, 0.2) is 5.76 Å². The molecule has 0 aromatic carbocycles. The van der Waals surface area contributed by atoms with Crippen LogP contribution in [-0.2, 0) is 0 Å². The van der Waals surface area contributed by atoms with Crippen LogP contribution in [0.4, 0.5) is 0 Å². The molecule has 22 heavy (non-hydrogen) atoms. The third-order valence-corrected chi connectivity index (χ3v) is 4.41. The number of piperidine rings is 1. The Morgan fingerprint density at radius 3 is 2.73 bits per heavy atom. The van der Waals surface area contributed by atoms with Crippen LogP contribution in [-0.4, -0.2) is 46.0 Å². The molecular weight excluding hydrogens is 304 g/mol. The molecule has 2 aromatic heterocycles. The van der Waals surface area contributed by atoms with Gasteiger partial charge in [0.1, 0.15) is 5.01 Å². The maximum absolute atomic E-state index is 12.1. The van der Waals surface area contributed by atoms with E-state index in [9.17, 15) is 9.59 Å². The van der Waals surface area contributed by atoms with Crippen LogP contribution in [0.5, 0.6) is 0 Å². The van der Waals surface area contributed by atoms with E-state index in [-0.39, 0.29) is 17.9 Å². The molecule has 2 amide bonds. The molecule has 7 nitrogen and oxygen atoms in total. The first-order valence-corrected chi connectivity index (χ1v) is 7.89. The zero-order chi connectivity index (χ0) is 15.5. The second kappa shape index (κ2) is 6.27. The lowest BCUT2D eigenvalue weighted by Gasteiger charge is -2.31. The minimum Gasteiger partial charge on any atom is -0.459 e. The number of rotatable bonds is 3. The molecule has 0 radical (unpaired) electrons. The van der Waals surface area contributed by atoms with E-state index in [1.165, 1.54) is 17.6 Å². The summed E-state index contributed by atoms with van der Waals surface area (Å²) < 4.78 is 5.13. The fourth-order valence-corrected chi connectivity index (χ4v) is 3.01. The number of aryl methyl sites for hydroxylation is 1. The van der Waals surface area contributed by atoms with Crippen LogP contribution in [0.25, 0.3) is 0 Å². The second-order valence-corrected chi connectivity index (χ2v) is 6.33. The van der Waals surface area contributed by atoms with Crippen LogP contribution in [0.3, 0.4) is 0 Å². The predicted molar refractivity (Wildman–Crippen MR) is 79.7 cm³/mol. The lowest BCUT2D eigenvalue weighted by atomic mass is 10.0. The number of hydrogen-bond donors (Lipinski definition) is 1. The van der Waals surface area contributed by atoms with Gasteiger partial charge in [0.2, 0.25) is 5.01 Å². The third kappa shape index (κ3) is 3.16. The quantitative estimate of drug-likeness (QED) is 0.925. The van der Waals surface area contributed by atoms with Crippen molar-refractivity contribution in [1.82, 2.24) is 20.4 Å². The number of nitrogens with zero attached hydrogens (tertiary/aromatic N) is 3. The van der Waals surface area contributed by atoms with Crippen LogP contribution in [0, 0.1) is 6.92 Å². The van der Waals surface area contributed by atoms with Gasteiger partial charge in [-0.1, -0.05) is 11.3 Å². The topological polar surface area (TPSA) is 88.3 Å². The monoisotopic (exact) mass is 320 g/mol. The van der Waals surface area contributed by atoms with E-state index >= 15 is 0 Å². The predicted octanol–water partition coefficient (Wildman–Crippen LogP) is 1.47. The highest BCUT2D eigenvalue weighted by molar-refractivity contribution is 7.13. The smallest absolute Gasteiger partial charge is 0.289 e. The maximum atomic E-state index is 12.1. The molecule has 1 aliphatic rings. The average Bonchev–Trinajstić information content (AvgIpc) is 3.18. The summed E-state index contributed by atoms with van der Waals surface area (Å²) in [5, 5.41) is 11.8. The fourth-order valence-electron chi connectivity index (χ4n) is 2.42. The lowest BCUT2D eigenvalue weighted by Crippen LogP contribution is -2.46. The second-order valence-electron chi connectivity index (χ2n) is 5.14. The molecule has 0 bridgehead atoms. The van der Waals surface area contributed by atoms with E-state index in [1.54, 1.807) is 17.0 Å².